The number of benzene rings is 3. The minimum atomic E-state index is -4.47. The number of halogens is 4. The van der Waals surface area contributed by atoms with Crippen LogP contribution in [0.25, 0.3) is 0 Å². The van der Waals surface area contributed by atoms with E-state index in [9.17, 15) is 17.6 Å². The van der Waals surface area contributed by atoms with Gasteiger partial charge in [0.25, 0.3) is 0 Å². The summed E-state index contributed by atoms with van der Waals surface area (Å²) < 4.78 is 60.9. The first-order valence-corrected chi connectivity index (χ1v) is 11.2. The Kier molecular flexibility index (Phi) is 7.18. The zero-order valence-corrected chi connectivity index (χ0v) is 18.1. The second-order valence-electron chi connectivity index (χ2n) is 7.72. The summed E-state index contributed by atoms with van der Waals surface area (Å²) in [5.41, 5.74) is 1.08. The molecule has 1 aliphatic rings. The van der Waals surface area contributed by atoms with E-state index in [4.69, 9.17) is 4.74 Å². The molecule has 0 amide bonds. The Morgan fingerprint density at radius 2 is 1.72 bits per heavy atom. The fraction of sp³-hybridized carbons (Fsp3) is 0.280. The molecule has 0 aliphatic carbocycles. The second-order valence-corrected chi connectivity index (χ2v) is 8.90. The Bertz CT molecular complexity index is 1030. The fourth-order valence-corrected chi connectivity index (χ4v) is 5.22. The maximum atomic E-state index is 14.0. The third kappa shape index (κ3) is 5.71. The molecule has 1 heterocycles. The Morgan fingerprint density at radius 1 is 0.969 bits per heavy atom. The van der Waals surface area contributed by atoms with Gasteiger partial charge < -0.3 is 4.74 Å². The average Bonchev–Trinajstić information content (AvgIpc) is 2.78. The van der Waals surface area contributed by atoms with Gasteiger partial charge in [-0.1, -0.05) is 54.6 Å². The molecule has 3 aromatic carbocycles. The van der Waals surface area contributed by atoms with Gasteiger partial charge in [0.05, 0.1) is 23.5 Å². The van der Waals surface area contributed by atoms with E-state index in [2.05, 4.69) is 4.90 Å². The highest BCUT2D eigenvalue weighted by Gasteiger charge is 2.36. The molecule has 1 fully saturated rings. The second kappa shape index (κ2) is 10.1. The molecule has 0 spiro atoms. The van der Waals surface area contributed by atoms with Gasteiger partial charge in [0.2, 0.25) is 0 Å². The van der Waals surface area contributed by atoms with Gasteiger partial charge in [-0.15, -0.1) is 11.8 Å². The maximum Gasteiger partial charge on any atom is 0.417 e. The molecule has 168 valence electrons. The standard InChI is InChI=1S/C25H23F4NOS/c26-20-10-6-9-19(15-20)24(32-23-12-5-4-11-21(23)25(27,28)29)22-17-30(13-14-31-22)16-18-7-2-1-3-8-18/h1-12,15,22,24H,13-14,16-17H2/t22-,24?/m0/s1. The van der Waals surface area contributed by atoms with E-state index in [-0.39, 0.29) is 11.0 Å². The number of ether oxygens (including phenoxy) is 1. The lowest BCUT2D eigenvalue weighted by Gasteiger charge is -2.37. The summed E-state index contributed by atoms with van der Waals surface area (Å²) in [6.07, 6.45) is -4.86. The van der Waals surface area contributed by atoms with Crippen molar-refractivity contribution in [1.82, 2.24) is 4.90 Å². The molecule has 7 heteroatoms. The molecule has 0 N–H and O–H groups in total. The zero-order valence-electron chi connectivity index (χ0n) is 17.3. The van der Waals surface area contributed by atoms with Crippen molar-refractivity contribution in [3.05, 3.63) is 101 Å². The number of rotatable bonds is 6. The van der Waals surface area contributed by atoms with Gasteiger partial charge in [0.1, 0.15) is 5.82 Å². The van der Waals surface area contributed by atoms with Crippen molar-refractivity contribution in [1.29, 1.82) is 0 Å². The van der Waals surface area contributed by atoms with E-state index >= 15 is 0 Å². The molecule has 0 bridgehead atoms. The molecule has 1 saturated heterocycles. The Labute approximate surface area is 189 Å². The lowest BCUT2D eigenvalue weighted by Crippen LogP contribution is -2.44. The molecule has 0 saturated carbocycles. The van der Waals surface area contributed by atoms with Crippen LogP contribution in [0.4, 0.5) is 17.6 Å². The van der Waals surface area contributed by atoms with E-state index < -0.39 is 22.8 Å². The van der Waals surface area contributed by atoms with Gasteiger partial charge in [-0.3, -0.25) is 4.90 Å². The maximum absolute atomic E-state index is 14.0. The summed E-state index contributed by atoms with van der Waals surface area (Å²) in [5.74, 6) is -0.422. The molecular formula is C25H23F4NOS. The zero-order chi connectivity index (χ0) is 22.6. The summed E-state index contributed by atoms with van der Waals surface area (Å²) in [4.78, 5) is 2.34. The molecule has 2 nitrogen and oxygen atoms in total. The van der Waals surface area contributed by atoms with E-state index in [0.29, 0.717) is 18.7 Å². The van der Waals surface area contributed by atoms with Crippen LogP contribution in [0.1, 0.15) is 21.9 Å². The lowest BCUT2D eigenvalue weighted by atomic mass is 10.1. The molecule has 4 rings (SSSR count). The molecule has 1 unspecified atom stereocenters. The van der Waals surface area contributed by atoms with Crippen molar-refractivity contribution < 1.29 is 22.3 Å². The van der Waals surface area contributed by atoms with E-state index in [1.54, 1.807) is 18.2 Å². The molecule has 0 radical (unpaired) electrons. The lowest BCUT2D eigenvalue weighted by molar-refractivity contribution is -0.139. The van der Waals surface area contributed by atoms with Crippen molar-refractivity contribution >= 4 is 11.8 Å². The molecule has 2 atom stereocenters. The van der Waals surface area contributed by atoms with Gasteiger partial charge in [-0.05, 0) is 35.4 Å². The number of thioether (sulfide) groups is 1. The first-order valence-electron chi connectivity index (χ1n) is 10.4. The molecule has 0 aromatic heterocycles. The van der Waals surface area contributed by atoms with Crippen LogP contribution in [-0.4, -0.2) is 30.7 Å². The monoisotopic (exact) mass is 461 g/mol. The molecule has 3 aromatic rings. The largest absolute Gasteiger partial charge is 0.417 e. The minimum absolute atomic E-state index is 0.109. The van der Waals surface area contributed by atoms with Crippen LogP contribution in [0, 0.1) is 5.82 Å². The number of morpholine rings is 1. The fourth-order valence-electron chi connectivity index (χ4n) is 3.88. The van der Waals surface area contributed by atoms with Gasteiger partial charge >= 0.3 is 6.18 Å². The van der Waals surface area contributed by atoms with Crippen molar-refractivity contribution in [2.45, 2.75) is 29.0 Å². The van der Waals surface area contributed by atoms with Crippen LogP contribution >= 0.6 is 11.8 Å². The van der Waals surface area contributed by atoms with Gasteiger partial charge in [0, 0.05) is 24.5 Å². The number of hydrogen-bond donors (Lipinski definition) is 0. The smallest absolute Gasteiger partial charge is 0.374 e. The van der Waals surface area contributed by atoms with Gasteiger partial charge in [-0.2, -0.15) is 13.2 Å². The first kappa shape index (κ1) is 22.8. The van der Waals surface area contributed by atoms with Crippen molar-refractivity contribution in [3.63, 3.8) is 0 Å². The van der Waals surface area contributed by atoms with Crippen molar-refractivity contribution in [2.75, 3.05) is 19.7 Å². The van der Waals surface area contributed by atoms with Crippen LogP contribution in [0.15, 0.2) is 83.8 Å². The molecule has 32 heavy (non-hydrogen) atoms. The van der Waals surface area contributed by atoms with Gasteiger partial charge in [0.15, 0.2) is 0 Å². The quantitative estimate of drug-likeness (QED) is 0.304. The highest BCUT2D eigenvalue weighted by molar-refractivity contribution is 7.99. The average molecular weight is 462 g/mol. The van der Waals surface area contributed by atoms with Crippen LogP contribution in [0.5, 0.6) is 0 Å². The summed E-state index contributed by atoms with van der Waals surface area (Å²) in [6.45, 7) is 2.45. The van der Waals surface area contributed by atoms with E-state index in [1.165, 1.54) is 24.3 Å². The van der Waals surface area contributed by atoms with Crippen molar-refractivity contribution in [3.8, 4) is 0 Å². The summed E-state index contributed by atoms with van der Waals surface area (Å²) in [7, 11) is 0. The van der Waals surface area contributed by atoms with Crippen molar-refractivity contribution in [2.24, 2.45) is 0 Å². The predicted molar refractivity (Wildman–Crippen MR) is 118 cm³/mol. The van der Waals surface area contributed by atoms with Crippen LogP contribution in [0.2, 0.25) is 0 Å². The first-order chi connectivity index (χ1) is 15.4. The highest BCUT2D eigenvalue weighted by atomic mass is 32.2. The Balaban J connectivity index is 1.62. The summed E-state index contributed by atoms with van der Waals surface area (Å²) in [6, 6.07) is 21.6. The number of nitrogens with zero attached hydrogens (tertiary/aromatic N) is 1. The molecular weight excluding hydrogens is 438 g/mol. The van der Waals surface area contributed by atoms with Gasteiger partial charge in [-0.25, -0.2) is 4.39 Å². The summed E-state index contributed by atoms with van der Waals surface area (Å²) >= 11 is 1.08. The van der Waals surface area contributed by atoms with Crippen LogP contribution < -0.4 is 0 Å². The van der Waals surface area contributed by atoms with Crippen LogP contribution in [-0.2, 0) is 17.5 Å². The minimum Gasteiger partial charge on any atom is -0.374 e. The third-order valence-corrected chi connectivity index (χ3v) is 6.83. The Hall–Kier alpha value is -2.35. The number of alkyl halides is 3. The number of hydrogen-bond acceptors (Lipinski definition) is 3. The van der Waals surface area contributed by atoms with E-state index in [0.717, 1.165) is 36.5 Å². The molecule has 1 aliphatic heterocycles. The summed E-state index contributed by atoms with van der Waals surface area (Å²) in [5, 5.41) is -0.493. The SMILES string of the molecule is Fc1cccc(C(Sc2ccccc2C(F)(F)F)[C@@H]2CN(Cc3ccccc3)CCO2)c1. The Morgan fingerprint density at radius 3 is 2.47 bits per heavy atom. The normalized spacial score (nSPS) is 18.4. The topological polar surface area (TPSA) is 12.5 Å². The predicted octanol–water partition coefficient (Wildman–Crippen LogP) is 6.58. The van der Waals surface area contributed by atoms with Crippen LogP contribution in [0.3, 0.4) is 0 Å². The third-order valence-electron chi connectivity index (χ3n) is 5.39. The highest BCUT2D eigenvalue weighted by Crippen LogP contribution is 2.45. The van der Waals surface area contributed by atoms with E-state index in [1.807, 2.05) is 30.3 Å².